The minimum Gasteiger partial charge on any atom is -1.00 e. The van der Waals surface area contributed by atoms with Gasteiger partial charge in [0.15, 0.2) is 0 Å². The molecule has 0 saturated heterocycles. The molecule has 0 aromatic heterocycles. The van der Waals surface area contributed by atoms with Gasteiger partial charge in [-0.05, 0) is 46.6 Å². The Morgan fingerprint density at radius 1 is 0.522 bits per heavy atom. The second kappa shape index (κ2) is 11.4. The Morgan fingerprint density at radius 3 is 1.22 bits per heavy atom. The molecule has 0 N–H and O–H groups in total. The summed E-state index contributed by atoms with van der Waals surface area (Å²) in [6, 6.07) is 16.5. The van der Waals surface area contributed by atoms with Gasteiger partial charge in [0.05, 0.1) is 0 Å². The molecule has 0 spiro atoms. The average Bonchev–Trinajstić information content (AvgIpc) is 2.56. The number of halogens is 2. The van der Waals surface area contributed by atoms with E-state index in [9.17, 15) is 0 Å². The van der Waals surface area contributed by atoms with Crippen LogP contribution in [0.25, 0.3) is 12.2 Å². The van der Waals surface area contributed by atoms with Crippen LogP contribution >= 0.6 is 0 Å². The second-order valence-electron chi connectivity index (χ2n) is 4.55. The van der Waals surface area contributed by atoms with E-state index in [0.29, 0.717) is 0 Å². The molecule has 112 valence electrons. The van der Waals surface area contributed by atoms with E-state index in [4.69, 9.17) is 0 Å². The Morgan fingerprint density at radius 2 is 0.870 bits per heavy atom. The van der Waals surface area contributed by atoms with Crippen LogP contribution in [0.1, 0.15) is 22.3 Å². The van der Waals surface area contributed by atoms with Crippen molar-refractivity contribution in [3.05, 3.63) is 107 Å². The second-order valence-corrected chi connectivity index (χ2v) is 4.55. The zero-order valence-electron chi connectivity index (χ0n) is 12.3. The van der Waals surface area contributed by atoms with Crippen molar-refractivity contribution in [1.82, 2.24) is 0 Å². The maximum Gasteiger partial charge on any atom is 2.00 e. The number of allylic oxidation sites excluding steroid dienone is 2. The summed E-state index contributed by atoms with van der Waals surface area (Å²) in [6.45, 7) is 0. The van der Waals surface area contributed by atoms with Gasteiger partial charge in [0, 0.05) is 12.8 Å². The molecule has 0 fully saturated rings. The zero-order valence-corrected chi connectivity index (χ0v) is 16.7. The first kappa shape index (κ1) is 21.9. The third kappa shape index (κ3) is 6.11. The van der Waals surface area contributed by atoms with Gasteiger partial charge in [-0.1, -0.05) is 48.5 Å². The summed E-state index contributed by atoms with van der Waals surface area (Å²) in [5.74, 6) is 0. The Hall–Kier alpha value is -1.14. The van der Waals surface area contributed by atoms with Gasteiger partial charge in [-0.15, -0.1) is 11.5 Å². The molecule has 4 radical (unpaired) electrons. The molecule has 0 saturated carbocycles. The van der Waals surface area contributed by atoms with Crippen LogP contribution in [0.2, 0.25) is 0 Å². The maximum atomic E-state index is 3.04. The molecule has 0 amide bonds. The molecule has 2 aliphatic carbocycles. The Bertz CT molecular complexity index is 684. The van der Waals surface area contributed by atoms with Crippen molar-refractivity contribution in [3.8, 4) is 0 Å². The predicted molar refractivity (Wildman–Crippen MR) is 90.5 cm³/mol. The van der Waals surface area contributed by atoms with Crippen LogP contribution in [0.5, 0.6) is 0 Å². The molecule has 0 atom stereocenters. The van der Waals surface area contributed by atoms with Crippen molar-refractivity contribution in [2.45, 2.75) is 0 Å². The molecule has 4 rings (SSSR count). The molecule has 0 unspecified atom stereocenters. The molecule has 0 bridgehead atoms. The van der Waals surface area contributed by atoms with Crippen molar-refractivity contribution in [3.63, 3.8) is 0 Å². The summed E-state index contributed by atoms with van der Waals surface area (Å²) in [6.07, 6.45) is 12.0. The third-order valence-corrected chi connectivity index (χ3v) is 3.19. The van der Waals surface area contributed by atoms with Crippen LogP contribution in [-0.4, -0.2) is 23.9 Å². The molecule has 0 nitrogen and oxygen atoms in total. The van der Waals surface area contributed by atoms with E-state index in [0.717, 1.165) is 0 Å². The smallest absolute Gasteiger partial charge is 1.00 e. The van der Waals surface area contributed by atoms with Crippen LogP contribution < -0.4 is 24.8 Å². The van der Waals surface area contributed by atoms with Gasteiger partial charge in [-0.3, -0.25) is 0 Å². The summed E-state index contributed by atoms with van der Waals surface area (Å²) in [5.41, 5.74) is 11.1. The Labute approximate surface area is 167 Å². The molecule has 23 heavy (non-hydrogen) atoms. The summed E-state index contributed by atoms with van der Waals surface area (Å²) in [7, 11) is 0. The van der Waals surface area contributed by atoms with Gasteiger partial charge >= 0.3 is 23.9 Å². The molecule has 2 aliphatic rings. The molecule has 2 aromatic rings. The SMILES string of the molecule is C1=C[CH]c2ccccc2C=1.C1=C[CH]c2ccccc2C=1.[Cl-].[Cl-].[Sn+2]. The first-order chi connectivity index (χ1) is 9.93. The summed E-state index contributed by atoms with van der Waals surface area (Å²) in [5, 5.41) is 0. The molecule has 3 heteroatoms. The van der Waals surface area contributed by atoms with E-state index in [1.165, 1.54) is 22.3 Å². The largest absolute Gasteiger partial charge is 2.00 e. The van der Waals surface area contributed by atoms with E-state index in [1.807, 2.05) is 48.6 Å². The van der Waals surface area contributed by atoms with Crippen LogP contribution in [0.15, 0.2) is 72.1 Å². The van der Waals surface area contributed by atoms with Crippen molar-refractivity contribution in [2.75, 3.05) is 0 Å². The van der Waals surface area contributed by atoms with E-state index in [-0.39, 0.29) is 48.7 Å². The van der Waals surface area contributed by atoms with Gasteiger partial charge < -0.3 is 24.8 Å². The van der Waals surface area contributed by atoms with Crippen LogP contribution in [0, 0.1) is 12.8 Å². The van der Waals surface area contributed by atoms with E-state index in [1.54, 1.807) is 0 Å². The quantitative estimate of drug-likeness (QED) is 0.342. The first-order valence-corrected chi connectivity index (χ1v) is 6.63. The van der Waals surface area contributed by atoms with Crippen LogP contribution in [-0.2, 0) is 0 Å². The summed E-state index contributed by atoms with van der Waals surface area (Å²) < 4.78 is 0. The summed E-state index contributed by atoms with van der Waals surface area (Å²) in [4.78, 5) is 0. The molecule has 0 heterocycles. The van der Waals surface area contributed by atoms with Gasteiger partial charge in [-0.2, -0.15) is 0 Å². The fourth-order valence-corrected chi connectivity index (χ4v) is 2.14. The maximum absolute atomic E-state index is 3.04. The minimum atomic E-state index is 0. The van der Waals surface area contributed by atoms with E-state index < -0.39 is 0 Å². The molecule has 2 aromatic carbocycles. The average molecular weight is 444 g/mol. The van der Waals surface area contributed by atoms with Gasteiger partial charge in [-0.25, -0.2) is 0 Å². The van der Waals surface area contributed by atoms with Gasteiger partial charge in [0.2, 0.25) is 0 Å². The Kier molecular flexibility index (Phi) is 10.8. The van der Waals surface area contributed by atoms with E-state index in [2.05, 4.69) is 48.6 Å². The van der Waals surface area contributed by atoms with E-state index >= 15 is 0 Å². The zero-order chi connectivity index (χ0) is 13.6. The first-order valence-electron chi connectivity index (χ1n) is 6.63. The fourth-order valence-electron chi connectivity index (χ4n) is 2.14. The minimum absolute atomic E-state index is 0. The molecular formula is C20H14Cl2Sn. The van der Waals surface area contributed by atoms with Gasteiger partial charge in [0.1, 0.15) is 0 Å². The fraction of sp³-hybridized carbons (Fsp3) is 0. The van der Waals surface area contributed by atoms with Gasteiger partial charge in [0.25, 0.3) is 0 Å². The predicted octanol–water partition coefficient (Wildman–Crippen LogP) is -1.53. The van der Waals surface area contributed by atoms with Crippen molar-refractivity contribution in [2.24, 2.45) is 0 Å². The number of benzene rings is 2. The number of fused-ring (bicyclic) bond motifs is 2. The number of hydrogen-bond acceptors (Lipinski definition) is 0. The summed E-state index contributed by atoms with van der Waals surface area (Å²) >= 11 is 0. The monoisotopic (exact) mass is 444 g/mol. The molecular weight excluding hydrogens is 430 g/mol. The van der Waals surface area contributed by atoms with Crippen LogP contribution in [0.3, 0.4) is 0 Å². The Balaban J connectivity index is 0.000000372. The number of rotatable bonds is 0. The topological polar surface area (TPSA) is 0 Å². The standard InChI is InChI=1S/2C10H7.2ClH.Sn/c2*1-2-6-10-8-4-3-7-9(10)5-1;;;/h2*1-3,5-8H;2*1H;/q;;;;+2/p-2. The molecule has 0 aliphatic heterocycles. The van der Waals surface area contributed by atoms with Crippen molar-refractivity contribution >= 4 is 36.1 Å². The normalized spacial score (nSPS) is 11.5. The number of hydrogen-bond donors (Lipinski definition) is 0. The van der Waals surface area contributed by atoms with Crippen molar-refractivity contribution < 1.29 is 24.8 Å². The third-order valence-electron chi connectivity index (χ3n) is 3.19. The van der Waals surface area contributed by atoms with Crippen molar-refractivity contribution in [1.29, 1.82) is 0 Å². The van der Waals surface area contributed by atoms with Crippen LogP contribution in [0.4, 0.5) is 0 Å².